The van der Waals surface area contributed by atoms with Crippen LogP contribution in [0.5, 0.6) is 0 Å². The Morgan fingerprint density at radius 1 is 0.234 bits per heavy atom. The highest BCUT2D eigenvalue weighted by molar-refractivity contribution is 7.26. The summed E-state index contributed by atoms with van der Waals surface area (Å²) in [4.78, 5) is 4.95. The zero-order valence-electron chi connectivity index (χ0n) is 34.8. The average Bonchev–Trinajstić information content (AvgIpc) is 3.93. The molecule has 0 aliphatic heterocycles. The molecule has 12 rings (SSSR count). The fraction of sp³-hybridized carbons (Fsp3) is 0. The second-order valence-corrected chi connectivity index (χ2v) is 18.2. The molecule has 0 atom stereocenters. The van der Waals surface area contributed by atoms with Gasteiger partial charge in [-0.15, -0.1) is 22.7 Å². The van der Waals surface area contributed by atoms with Gasteiger partial charge in [-0.1, -0.05) is 182 Å². The lowest BCUT2D eigenvalue weighted by Gasteiger charge is -2.32. The molecule has 0 spiro atoms. The molecular formula is C60H40N2S2. The summed E-state index contributed by atoms with van der Waals surface area (Å²) in [7, 11) is 0. The Morgan fingerprint density at radius 3 is 0.969 bits per heavy atom. The third kappa shape index (κ3) is 6.63. The van der Waals surface area contributed by atoms with Gasteiger partial charge in [0, 0.05) is 74.0 Å². The summed E-state index contributed by atoms with van der Waals surface area (Å²) in [5.74, 6) is 0. The predicted octanol–water partition coefficient (Wildman–Crippen LogP) is 18.4. The van der Waals surface area contributed by atoms with Gasteiger partial charge in [0.15, 0.2) is 0 Å². The van der Waals surface area contributed by atoms with E-state index >= 15 is 0 Å². The largest absolute Gasteiger partial charge is 0.309 e. The first-order valence-corrected chi connectivity index (χ1v) is 23.3. The Bertz CT molecular complexity index is 3400. The molecule has 0 aliphatic rings. The minimum absolute atomic E-state index is 1.09. The number of rotatable bonds is 9. The Hall–Kier alpha value is -7.76. The van der Waals surface area contributed by atoms with Crippen molar-refractivity contribution in [2.24, 2.45) is 0 Å². The summed E-state index contributed by atoms with van der Waals surface area (Å²) in [6, 6.07) is 88.5. The van der Waals surface area contributed by atoms with E-state index in [-0.39, 0.29) is 0 Å². The van der Waals surface area contributed by atoms with Gasteiger partial charge in [-0.2, -0.15) is 0 Å². The summed E-state index contributed by atoms with van der Waals surface area (Å²) in [6.07, 6.45) is 0. The molecular weight excluding hydrogens is 813 g/mol. The summed E-state index contributed by atoms with van der Waals surface area (Å²) in [6.45, 7) is 0. The average molecular weight is 853 g/mol. The van der Waals surface area contributed by atoms with Crippen molar-refractivity contribution in [3.63, 3.8) is 0 Å². The van der Waals surface area contributed by atoms with Gasteiger partial charge < -0.3 is 9.80 Å². The molecule has 0 bridgehead atoms. The van der Waals surface area contributed by atoms with Gasteiger partial charge in [-0.05, 0) is 71.8 Å². The van der Waals surface area contributed by atoms with Gasteiger partial charge >= 0.3 is 0 Å². The SMILES string of the molecule is c1ccc(-c2ccccc2N(c2ccc3c(c2)sc2ccccc23)c2ccccc2-c2ccccc2N(c2ccc3c(c2)sc2ccccc23)c2ccccc2-c2ccccc2)cc1. The van der Waals surface area contributed by atoms with E-state index in [9.17, 15) is 0 Å². The van der Waals surface area contributed by atoms with Gasteiger partial charge in [0.05, 0.1) is 22.7 Å². The van der Waals surface area contributed by atoms with Gasteiger partial charge in [0.2, 0.25) is 0 Å². The van der Waals surface area contributed by atoms with E-state index in [4.69, 9.17) is 0 Å². The summed E-state index contributed by atoms with van der Waals surface area (Å²) >= 11 is 3.71. The van der Waals surface area contributed by atoms with Crippen molar-refractivity contribution in [3.8, 4) is 33.4 Å². The molecule has 0 N–H and O–H groups in total. The number of nitrogens with zero attached hydrogens (tertiary/aromatic N) is 2. The third-order valence-electron chi connectivity index (χ3n) is 12.3. The molecule has 0 saturated heterocycles. The minimum Gasteiger partial charge on any atom is -0.309 e. The molecule has 4 heteroatoms. The van der Waals surface area contributed by atoms with Crippen LogP contribution < -0.4 is 9.80 Å². The zero-order chi connectivity index (χ0) is 42.4. The van der Waals surface area contributed by atoms with Gasteiger partial charge in [0.1, 0.15) is 0 Å². The van der Waals surface area contributed by atoms with Crippen LogP contribution in [0.3, 0.4) is 0 Å². The lowest BCUT2D eigenvalue weighted by atomic mass is 9.96. The summed E-state index contributed by atoms with van der Waals surface area (Å²) < 4.78 is 5.12. The van der Waals surface area contributed by atoms with Crippen molar-refractivity contribution in [3.05, 3.63) is 243 Å². The van der Waals surface area contributed by atoms with Crippen molar-refractivity contribution in [1.29, 1.82) is 0 Å². The van der Waals surface area contributed by atoms with Crippen molar-refractivity contribution in [2.75, 3.05) is 9.80 Å². The number of para-hydroxylation sites is 4. The Balaban J connectivity index is 1.11. The zero-order valence-corrected chi connectivity index (χ0v) is 36.4. The highest BCUT2D eigenvalue weighted by atomic mass is 32.1. The molecule has 12 aromatic rings. The van der Waals surface area contributed by atoms with Crippen molar-refractivity contribution in [2.45, 2.75) is 0 Å². The summed E-state index contributed by atoms with van der Waals surface area (Å²) in [5, 5.41) is 5.15. The molecule has 64 heavy (non-hydrogen) atoms. The van der Waals surface area contributed by atoms with E-state index in [1.807, 2.05) is 22.7 Å². The maximum atomic E-state index is 2.48. The number of anilines is 6. The van der Waals surface area contributed by atoms with Crippen LogP contribution in [0.4, 0.5) is 34.1 Å². The monoisotopic (exact) mass is 852 g/mol. The lowest BCUT2D eigenvalue weighted by Crippen LogP contribution is -2.14. The van der Waals surface area contributed by atoms with Crippen LogP contribution in [0.15, 0.2) is 243 Å². The fourth-order valence-electron chi connectivity index (χ4n) is 9.38. The Labute approximate surface area is 380 Å². The Kier molecular flexibility index (Phi) is 9.59. The van der Waals surface area contributed by atoms with E-state index in [1.165, 1.54) is 51.5 Å². The molecule has 10 aromatic carbocycles. The number of hydrogen-bond donors (Lipinski definition) is 0. The van der Waals surface area contributed by atoms with E-state index in [1.54, 1.807) is 0 Å². The maximum Gasteiger partial charge on any atom is 0.0541 e. The predicted molar refractivity (Wildman–Crippen MR) is 278 cm³/mol. The molecule has 2 heterocycles. The highest BCUT2D eigenvalue weighted by Gasteiger charge is 2.25. The molecule has 302 valence electrons. The molecule has 0 radical (unpaired) electrons. The molecule has 2 aromatic heterocycles. The highest BCUT2D eigenvalue weighted by Crippen LogP contribution is 2.51. The van der Waals surface area contributed by atoms with Crippen LogP contribution in [0.25, 0.3) is 73.7 Å². The van der Waals surface area contributed by atoms with Crippen LogP contribution in [0.2, 0.25) is 0 Å². The molecule has 0 fully saturated rings. The molecule has 2 nitrogen and oxygen atoms in total. The van der Waals surface area contributed by atoms with E-state index < -0.39 is 0 Å². The minimum atomic E-state index is 1.09. The normalized spacial score (nSPS) is 11.4. The first-order chi connectivity index (χ1) is 31.8. The fourth-order valence-corrected chi connectivity index (χ4v) is 11.7. The second-order valence-electron chi connectivity index (χ2n) is 16.0. The third-order valence-corrected chi connectivity index (χ3v) is 14.5. The van der Waals surface area contributed by atoms with Crippen molar-refractivity contribution in [1.82, 2.24) is 0 Å². The topological polar surface area (TPSA) is 6.48 Å². The standard InChI is InChI=1S/C60H40N2S2/c1-3-19-41(20-4-1)45-23-7-13-29-53(45)61(43-35-37-51-49-27-11-17-33-57(49)63-59(51)39-43)55-31-15-9-25-47(55)48-26-10-16-32-56(48)62(54-30-14-8-24-46(54)42-21-5-2-6-22-42)44-36-38-52-50-28-12-18-34-58(50)64-60(52)40-44/h1-40H. The quantitative estimate of drug-likeness (QED) is 0.143. The van der Waals surface area contributed by atoms with Crippen LogP contribution >= 0.6 is 22.7 Å². The molecule has 0 saturated carbocycles. The number of fused-ring (bicyclic) bond motifs is 6. The molecule has 0 amide bonds. The molecule has 0 aliphatic carbocycles. The second kappa shape index (κ2) is 16.2. The summed E-state index contributed by atoms with van der Waals surface area (Å²) in [5.41, 5.74) is 13.5. The van der Waals surface area contributed by atoms with E-state index in [2.05, 4.69) is 252 Å². The van der Waals surface area contributed by atoms with Gasteiger partial charge in [0.25, 0.3) is 0 Å². The van der Waals surface area contributed by atoms with Crippen molar-refractivity contribution >= 4 is 97.1 Å². The van der Waals surface area contributed by atoms with Crippen LogP contribution in [0, 0.1) is 0 Å². The van der Waals surface area contributed by atoms with Crippen molar-refractivity contribution < 1.29 is 0 Å². The first-order valence-electron chi connectivity index (χ1n) is 21.7. The Morgan fingerprint density at radius 2 is 0.547 bits per heavy atom. The first kappa shape index (κ1) is 38.0. The number of benzene rings is 10. The van der Waals surface area contributed by atoms with E-state index in [0.717, 1.165) is 56.4 Å². The molecule has 0 unspecified atom stereocenters. The van der Waals surface area contributed by atoms with Crippen LogP contribution in [-0.4, -0.2) is 0 Å². The van der Waals surface area contributed by atoms with Gasteiger partial charge in [-0.3, -0.25) is 0 Å². The van der Waals surface area contributed by atoms with Gasteiger partial charge in [-0.25, -0.2) is 0 Å². The lowest BCUT2D eigenvalue weighted by molar-refractivity contribution is 1.27. The van der Waals surface area contributed by atoms with Crippen LogP contribution in [0.1, 0.15) is 0 Å². The van der Waals surface area contributed by atoms with E-state index in [0.29, 0.717) is 0 Å². The van der Waals surface area contributed by atoms with Crippen LogP contribution in [-0.2, 0) is 0 Å². The smallest absolute Gasteiger partial charge is 0.0541 e. The maximum absolute atomic E-state index is 2.48. The number of hydrogen-bond acceptors (Lipinski definition) is 4. The number of thiophene rings is 2.